The van der Waals surface area contributed by atoms with Crippen LogP contribution in [-0.2, 0) is 9.53 Å². The number of carbonyl (C=O) groups is 1. The summed E-state index contributed by atoms with van der Waals surface area (Å²) in [5, 5.41) is 2.47. The molecular formula is C18H21NO2. The second-order valence-corrected chi connectivity index (χ2v) is 5.89. The van der Waals surface area contributed by atoms with Gasteiger partial charge in [0.1, 0.15) is 0 Å². The van der Waals surface area contributed by atoms with Gasteiger partial charge in [-0.15, -0.1) is 0 Å². The number of benzene rings is 2. The SMILES string of the molecule is COC(=O)[C@H]1CN(C)CC[C@H]1c1ccc2ccccc2c1. The third-order valence-electron chi connectivity index (χ3n) is 4.52. The minimum absolute atomic E-state index is 0.0742. The summed E-state index contributed by atoms with van der Waals surface area (Å²) in [4.78, 5) is 14.3. The minimum atomic E-state index is -0.0975. The Balaban J connectivity index is 1.96. The maximum atomic E-state index is 12.1. The van der Waals surface area contributed by atoms with Crippen molar-refractivity contribution in [3.05, 3.63) is 48.0 Å². The van der Waals surface area contributed by atoms with Crippen molar-refractivity contribution in [2.45, 2.75) is 12.3 Å². The van der Waals surface area contributed by atoms with Gasteiger partial charge < -0.3 is 9.64 Å². The number of rotatable bonds is 2. The molecule has 2 aromatic carbocycles. The smallest absolute Gasteiger partial charge is 0.310 e. The lowest BCUT2D eigenvalue weighted by Crippen LogP contribution is -2.41. The zero-order valence-corrected chi connectivity index (χ0v) is 12.6. The lowest BCUT2D eigenvalue weighted by Gasteiger charge is -2.35. The van der Waals surface area contributed by atoms with Crippen LogP contribution >= 0.6 is 0 Å². The molecule has 3 heteroatoms. The number of piperidine rings is 1. The molecule has 21 heavy (non-hydrogen) atoms. The molecule has 1 heterocycles. The Kier molecular flexibility index (Phi) is 3.93. The highest BCUT2D eigenvalue weighted by molar-refractivity contribution is 5.83. The third-order valence-corrected chi connectivity index (χ3v) is 4.52. The van der Waals surface area contributed by atoms with Crippen molar-refractivity contribution in [2.75, 3.05) is 27.2 Å². The standard InChI is InChI=1S/C18H21NO2/c1-19-10-9-16(17(12-19)18(20)21-2)15-8-7-13-5-3-4-6-14(13)11-15/h3-8,11,16-17H,9-10,12H2,1-2H3/t16-,17-/m0/s1. The minimum Gasteiger partial charge on any atom is -0.469 e. The van der Waals surface area contributed by atoms with E-state index in [-0.39, 0.29) is 17.8 Å². The Labute approximate surface area is 125 Å². The van der Waals surface area contributed by atoms with Crippen molar-refractivity contribution in [3.63, 3.8) is 0 Å². The van der Waals surface area contributed by atoms with E-state index < -0.39 is 0 Å². The van der Waals surface area contributed by atoms with E-state index in [0.717, 1.165) is 19.5 Å². The summed E-state index contributed by atoms with van der Waals surface area (Å²) in [7, 11) is 3.54. The summed E-state index contributed by atoms with van der Waals surface area (Å²) >= 11 is 0. The molecule has 1 saturated heterocycles. The Morgan fingerprint density at radius 1 is 1.19 bits per heavy atom. The Hall–Kier alpha value is -1.87. The molecule has 0 saturated carbocycles. The van der Waals surface area contributed by atoms with Gasteiger partial charge in [-0.1, -0.05) is 42.5 Å². The maximum absolute atomic E-state index is 12.1. The summed E-state index contributed by atoms with van der Waals surface area (Å²) in [5.41, 5.74) is 1.25. The van der Waals surface area contributed by atoms with E-state index in [1.807, 2.05) is 0 Å². The number of hydrogen-bond donors (Lipinski definition) is 0. The molecule has 0 unspecified atom stereocenters. The highest BCUT2D eigenvalue weighted by atomic mass is 16.5. The van der Waals surface area contributed by atoms with Crippen molar-refractivity contribution in [1.82, 2.24) is 4.90 Å². The number of ether oxygens (including phenoxy) is 1. The molecule has 0 aromatic heterocycles. The van der Waals surface area contributed by atoms with Gasteiger partial charge in [0.15, 0.2) is 0 Å². The Bertz CT molecular complexity index is 652. The highest BCUT2D eigenvalue weighted by Gasteiger charge is 2.34. The van der Waals surface area contributed by atoms with Gasteiger partial charge in [0.2, 0.25) is 0 Å². The molecule has 0 bridgehead atoms. The van der Waals surface area contributed by atoms with Crippen molar-refractivity contribution >= 4 is 16.7 Å². The van der Waals surface area contributed by atoms with Gasteiger partial charge in [0.25, 0.3) is 0 Å². The first kappa shape index (κ1) is 14.1. The van der Waals surface area contributed by atoms with Crippen LogP contribution in [-0.4, -0.2) is 38.1 Å². The van der Waals surface area contributed by atoms with Crippen LogP contribution in [0.25, 0.3) is 10.8 Å². The fraction of sp³-hybridized carbons (Fsp3) is 0.389. The zero-order valence-electron chi connectivity index (χ0n) is 12.6. The average Bonchev–Trinajstić information content (AvgIpc) is 2.53. The van der Waals surface area contributed by atoms with Crippen molar-refractivity contribution in [2.24, 2.45) is 5.92 Å². The molecule has 0 aliphatic carbocycles. The predicted octanol–water partition coefficient (Wildman–Crippen LogP) is 3.05. The van der Waals surface area contributed by atoms with E-state index in [1.165, 1.54) is 23.4 Å². The second kappa shape index (κ2) is 5.86. The van der Waals surface area contributed by atoms with E-state index in [1.54, 1.807) is 0 Å². The molecule has 0 N–H and O–H groups in total. The quantitative estimate of drug-likeness (QED) is 0.793. The van der Waals surface area contributed by atoms with Gasteiger partial charge in [-0.2, -0.15) is 0 Å². The van der Waals surface area contributed by atoms with Crippen LogP contribution in [0.15, 0.2) is 42.5 Å². The van der Waals surface area contributed by atoms with Crippen LogP contribution in [0, 0.1) is 5.92 Å². The summed E-state index contributed by atoms with van der Waals surface area (Å²) in [6.45, 7) is 1.79. The number of hydrogen-bond acceptors (Lipinski definition) is 3. The number of carbonyl (C=O) groups excluding carboxylic acids is 1. The van der Waals surface area contributed by atoms with Crippen molar-refractivity contribution < 1.29 is 9.53 Å². The van der Waals surface area contributed by atoms with Gasteiger partial charge in [0.05, 0.1) is 13.0 Å². The molecule has 1 fully saturated rings. The molecule has 2 aromatic rings. The lowest BCUT2D eigenvalue weighted by molar-refractivity contribution is -0.148. The normalized spacial score (nSPS) is 23.1. The Morgan fingerprint density at radius 3 is 2.71 bits per heavy atom. The molecule has 0 radical (unpaired) electrons. The first-order chi connectivity index (χ1) is 10.2. The van der Waals surface area contributed by atoms with E-state index in [0.29, 0.717) is 0 Å². The molecule has 3 nitrogen and oxygen atoms in total. The second-order valence-electron chi connectivity index (χ2n) is 5.89. The number of methoxy groups -OCH3 is 1. The molecule has 1 aliphatic rings. The number of likely N-dealkylation sites (tertiary alicyclic amines) is 1. The first-order valence-electron chi connectivity index (χ1n) is 7.44. The fourth-order valence-electron chi connectivity index (χ4n) is 3.34. The van der Waals surface area contributed by atoms with Gasteiger partial charge >= 0.3 is 5.97 Å². The van der Waals surface area contributed by atoms with Crippen LogP contribution in [0.5, 0.6) is 0 Å². The molecule has 110 valence electrons. The molecule has 3 rings (SSSR count). The first-order valence-corrected chi connectivity index (χ1v) is 7.44. The molecular weight excluding hydrogens is 262 g/mol. The van der Waals surface area contributed by atoms with Gasteiger partial charge in [0, 0.05) is 6.54 Å². The average molecular weight is 283 g/mol. The maximum Gasteiger partial charge on any atom is 0.310 e. The van der Waals surface area contributed by atoms with Gasteiger partial charge in [-0.25, -0.2) is 0 Å². The van der Waals surface area contributed by atoms with E-state index in [4.69, 9.17) is 4.74 Å². The third kappa shape index (κ3) is 2.79. The number of esters is 1. The molecule has 0 spiro atoms. The van der Waals surface area contributed by atoms with Crippen LogP contribution in [0.2, 0.25) is 0 Å². The number of fused-ring (bicyclic) bond motifs is 1. The predicted molar refractivity (Wildman–Crippen MR) is 84.3 cm³/mol. The fourth-order valence-corrected chi connectivity index (χ4v) is 3.34. The summed E-state index contributed by atoms with van der Waals surface area (Å²) in [6, 6.07) is 14.9. The molecule has 1 aliphatic heterocycles. The van der Waals surface area contributed by atoms with Crippen LogP contribution < -0.4 is 0 Å². The van der Waals surface area contributed by atoms with Crippen molar-refractivity contribution in [3.8, 4) is 0 Å². The molecule has 2 atom stereocenters. The summed E-state index contributed by atoms with van der Waals surface area (Å²) in [5.74, 6) is 0.0767. The van der Waals surface area contributed by atoms with Crippen molar-refractivity contribution in [1.29, 1.82) is 0 Å². The number of nitrogens with zero attached hydrogens (tertiary/aromatic N) is 1. The highest BCUT2D eigenvalue weighted by Crippen LogP contribution is 2.34. The van der Waals surface area contributed by atoms with E-state index >= 15 is 0 Å². The monoisotopic (exact) mass is 283 g/mol. The topological polar surface area (TPSA) is 29.5 Å². The van der Waals surface area contributed by atoms with Crippen LogP contribution in [0.3, 0.4) is 0 Å². The lowest BCUT2D eigenvalue weighted by atomic mass is 9.80. The van der Waals surface area contributed by atoms with Crippen LogP contribution in [0.4, 0.5) is 0 Å². The largest absolute Gasteiger partial charge is 0.469 e. The summed E-state index contributed by atoms with van der Waals surface area (Å²) < 4.78 is 5.01. The van der Waals surface area contributed by atoms with Gasteiger partial charge in [-0.3, -0.25) is 4.79 Å². The summed E-state index contributed by atoms with van der Waals surface area (Å²) in [6.07, 6.45) is 0.995. The van der Waals surface area contributed by atoms with Crippen LogP contribution in [0.1, 0.15) is 17.9 Å². The molecule has 0 amide bonds. The van der Waals surface area contributed by atoms with Gasteiger partial charge in [-0.05, 0) is 42.3 Å². The van der Waals surface area contributed by atoms with E-state index in [9.17, 15) is 4.79 Å². The zero-order chi connectivity index (χ0) is 14.8. The van der Waals surface area contributed by atoms with E-state index in [2.05, 4.69) is 54.4 Å². The Morgan fingerprint density at radius 2 is 1.95 bits per heavy atom.